The van der Waals surface area contributed by atoms with Crippen LogP contribution >= 0.6 is 0 Å². The van der Waals surface area contributed by atoms with Gasteiger partial charge in [-0.15, -0.1) is 0 Å². The lowest BCUT2D eigenvalue weighted by Gasteiger charge is -2.32. The molecule has 0 atom stereocenters. The molecule has 4 heteroatoms. The normalized spacial score (nSPS) is 17.6. The SMILES string of the molecule is CC1(C)c2cc(C#N)ccc2-c2ccc(-c3cc4c5ccccc5c(B5OC(C)(C)C(C)(C)O5)cc4c4ccccc34)cc21. The van der Waals surface area contributed by atoms with Gasteiger partial charge in [-0.2, -0.15) is 5.26 Å². The number of nitrogens with zero attached hydrogens (tertiary/aromatic N) is 1. The predicted octanol–water partition coefficient (Wildman–Crippen LogP) is 9.29. The van der Waals surface area contributed by atoms with E-state index in [1.807, 2.05) is 6.07 Å². The topological polar surface area (TPSA) is 42.2 Å². The van der Waals surface area contributed by atoms with Gasteiger partial charge in [0.2, 0.25) is 0 Å². The highest BCUT2D eigenvalue weighted by molar-refractivity contribution is 6.66. The van der Waals surface area contributed by atoms with Crippen LogP contribution in [0.3, 0.4) is 0 Å². The summed E-state index contributed by atoms with van der Waals surface area (Å²) in [5, 5.41) is 16.8. The van der Waals surface area contributed by atoms with E-state index in [4.69, 9.17) is 9.31 Å². The number of hydrogen-bond donors (Lipinski definition) is 0. The Labute approximate surface area is 259 Å². The summed E-state index contributed by atoms with van der Waals surface area (Å²) in [6, 6.07) is 37.3. The molecule has 214 valence electrons. The molecule has 6 aromatic rings. The molecule has 0 amide bonds. The summed E-state index contributed by atoms with van der Waals surface area (Å²) in [6.07, 6.45) is 0. The van der Waals surface area contributed by atoms with Gasteiger partial charge in [-0.05, 0) is 123 Å². The summed E-state index contributed by atoms with van der Waals surface area (Å²) in [5.74, 6) is 0. The van der Waals surface area contributed by atoms with Gasteiger partial charge in [0, 0.05) is 5.41 Å². The van der Waals surface area contributed by atoms with Crippen molar-refractivity contribution in [2.75, 3.05) is 0 Å². The van der Waals surface area contributed by atoms with Gasteiger partial charge in [-0.1, -0.05) is 86.6 Å². The van der Waals surface area contributed by atoms with Crippen LogP contribution in [0.25, 0.3) is 54.6 Å². The van der Waals surface area contributed by atoms with Crippen LogP contribution in [0.2, 0.25) is 0 Å². The first-order valence-corrected chi connectivity index (χ1v) is 15.4. The second kappa shape index (κ2) is 9.05. The van der Waals surface area contributed by atoms with E-state index in [1.54, 1.807) is 0 Å². The Balaban J connectivity index is 1.37. The van der Waals surface area contributed by atoms with Crippen molar-refractivity contribution in [3.8, 4) is 28.3 Å². The van der Waals surface area contributed by atoms with Crippen molar-refractivity contribution in [3.63, 3.8) is 0 Å². The van der Waals surface area contributed by atoms with E-state index in [9.17, 15) is 5.26 Å². The first kappa shape index (κ1) is 27.1. The average Bonchev–Trinajstić information content (AvgIpc) is 3.38. The van der Waals surface area contributed by atoms with Crippen LogP contribution in [0.4, 0.5) is 0 Å². The van der Waals surface area contributed by atoms with Crippen LogP contribution in [0.5, 0.6) is 0 Å². The van der Waals surface area contributed by atoms with Crippen molar-refractivity contribution in [2.24, 2.45) is 0 Å². The molecule has 3 nitrogen and oxygen atoms in total. The third kappa shape index (κ3) is 3.70. The van der Waals surface area contributed by atoms with E-state index in [-0.39, 0.29) is 5.41 Å². The van der Waals surface area contributed by atoms with Gasteiger partial charge >= 0.3 is 7.12 Å². The highest BCUT2D eigenvalue weighted by atomic mass is 16.7. The predicted molar refractivity (Wildman–Crippen MR) is 182 cm³/mol. The molecule has 2 aliphatic rings. The minimum absolute atomic E-state index is 0.204. The number of rotatable bonds is 2. The zero-order chi connectivity index (χ0) is 30.6. The number of fused-ring (bicyclic) bond motifs is 8. The summed E-state index contributed by atoms with van der Waals surface area (Å²) >= 11 is 0. The van der Waals surface area contributed by atoms with E-state index in [0.29, 0.717) is 5.56 Å². The fourth-order valence-electron chi connectivity index (χ4n) is 7.36. The van der Waals surface area contributed by atoms with Gasteiger partial charge in [-0.3, -0.25) is 0 Å². The van der Waals surface area contributed by atoms with Gasteiger partial charge in [0.1, 0.15) is 0 Å². The number of benzene rings is 6. The Morgan fingerprint density at radius 3 is 1.75 bits per heavy atom. The third-order valence-electron chi connectivity index (χ3n) is 10.5. The first-order chi connectivity index (χ1) is 21.0. The molecule has 0 spiro atoms. The molecule has 8 rings (SSSR count). The van der Waals surface area contributed by atoms with E-state index in [0.717, 1.165) is 10.8 Å². The summed E-state index contributed by atoms with van der Waals surface area (Å²) in [7, 11) is -0.449. The van der Waals surface area contributed by atoms with E-state index >= 15 is 0 Å². The molecule has 1 saturated heterocycles. The van der Waals surface area contributed by atoms with Crippen LogP contribution < -0.4 is 5.46 Å². The Hall–Kier alpha value is -4.43. The Morgan fingerprint density at radius 1 is 0.545 bits per heavy atom. The lowest BCUT2D eigenvalue weighted by atomic mass is 9.74. The molecule has 0 N–H and O–H groups in total. The summed E-state index contributed by atoms with van der Waals surface area (Å²) < 4.78 is 13.2. The second-order valence-corrected chi connectivity index (χ2v) is 13.9. The minimum Gasteiger partial charge on any atom is -0.399 e. The third-order valence-corrected chi connectivity index (χ3v) is 10.5. The van der Waals surface area contributed by atoms with Crippen molar-refractivity contribution in [1.29, 1.82) is 5.26 Å². The quantitative estimate of drug-likeness (QED) is 0.154. The van der Waals surface area contributed by atoms with Crippen molar-refractivity contribution < 1.29 is 9.31 Å². The Kier molecular flexibility index (Phi) is 5.58. The lowest BCUT2D eigenvalue weighted by Crippen LogP contribution is -2.41. The monoisotopic (exact) mass is 571 g/mol. The van der Waals surface area contributed by atoms with Gasteiger partial charge in [0.05, 0.1) is 22.8 Å². The minimum atomic E-state index is -0.449. The Bertz CT molecular complexity index is 2220. The highest BCUT2D eigenvalue weighted by Gasteiger charge is 2.52. The smallest absolute Gasteiger partial charge is 0.399 e. The van der Waals surface area contributed by atoms with Crippen molar-refractivity contribution in [2.45, 2.75) is 58.2 Å². The largest absolute Gasteiger partial charge is 0.495 e. The molecule has 1 fully saturated rings. The van der Waals surface area contributed by atoms with E-state index in [1.165, 1.54) is 60.3 Å². The molecule has 0 radical (unpaired) electrons. The molecule has 1 heterocycles. The maximum atomic E-state index is 9.57. The second-order valence-electron chi connectivity index (χ2n) is 13.9. The summed E-state index contributed by atoms with van der Waals surface area (Å²) in [4.78, 5) is 0. The summed E-state index contributed by atoms with van der Waals surface area (Å²) in [6.45, 7) is 13.0. The van der Waals surface area contributed by atoms with Crippen LogP contribution in [-0.4, -0.2) is 18.3 Å². The average molecular weight is 572 g/mol. The fraction of sp³-hybridized carbons (Fsp3) is 0.225. The highest BCUT2D eigenvalue weighted by Crippen LogP contribution is 2.50. The van der Waals surface area contributed by atoms with Gasteiger partial charge in [0.25, 0.3) is 0 Å². The zero-order valence-corrected chi connectivity index (χ0v) is 26.1. The molecular formula is C40H34BNO2. The van der Waals surface area contributed by atoms with Gasteiger partial charge < -0.3 is 9.31 Å². The first-order valence-electron chi connectivity index (χ1n) is 15.4. The Morgan fingerprint density at radius 2 is 1.09 bits per heavy atom. The van der Waals surface area contributed by atoms with Gasteiger partial charge in [0.15, 0.2) is 0 Å². The molecule has 1 aliphatic heterocycles. The number of hydrogen-bond acceptors (Lipinski definition) is 3. The molecular weight excluding hydrogens is 537 g/mol. The molecule has 0 bridgehead atoms. The molecule has 0 aromatic heterocycles. The van der Waals surface area contributed by atoms with Crippen LogP contribution in [-0.2, 0) is 14.7 Å². The van der Waals surface area contributed by atoms with Crippen molar-refractivity contribution in [1.82, 2.24) is 0 Å². The van der Waals surface area contributed by atoms with E-state index < -0.39 is 18.3 Å². The number of nitriles is 1. The standard InChI is InChI=1S/C40H34BNO2/c1-38(2)35-19-24(23-42)15-17-29(35)30-18-16-25(20-36(30)38)32-21-33-28-13-9-10-14-31(28)37(41-43-39(3,4)40(5,6)44-41)22-34(33)27-12-8-7-11-26(27)32/h7-22H,1-6H3. The van der Waals surface area contributed by atoms with Crippen molar-refractivity contribution in [3.05, 3.63) is 114 Å². The lowest BCUT2D eigenvalue weighted by molar-refractivity contribution is 0.00578. The van der Waals surface area contributed by atoms with Crippen molar-refractivity contribution >= 4 is 44.9 Å². The maximum Gasteiger partial charge on any atom is 0.495 e. The van der Waals surface area contributed by atoms with Crippen LogP contribution in [0.1, 0.15) is 58.2 Å². The maximum absolute atomic E-state index is 9.57. The molecule has 44 heavy (non-hydrogen) atoms. The van der Waals surface area contributed by atoms with E-state index in [2.05, 4.69) is 139 Å². The fourth-order valence-corrected chi connectivity index (χ4v) is 7.36. The van der Waals surface area contributed by atoms with Crippen LogP contribution in [0.15, 0.2) is 97.1 Å². The van der Waals surface area contributed by atoms with Gasteiger partial charge in [-0.25, -0.2) is 0 Å². The molecule has 1 aliphatic carbocycles. The molecule has 0 unspecified atom stereocenters. The summed E-state index contributed by atoms with van der Waals surface area (Å²) in [5.41, 5.74) is 8.13. The zero-order valence-electron chi connectivity index (χ0n) is 26.1. The molecule has 6 aromatic carbocycles. The molecule has 0 saturated carbocycles. The van der Waals surface area contributed by atoms with Crippen LogP contribution in [0, 0.1) is 11.3 Å².